The van der Waals surface area contributed by atoms with Gasteiger partial charge in [-0.05, 0) is 49.4 Å². The van der Waals surface area contributed by atoms with Crippen LogP contribution >= 0.6 is 22.7 Å². The van der Waals surface area contributed by atoms with Crippen LogP contribution in [0.4, 0.5) is 0 Å². The molecule has 1 amide bonds. The van der Waals surface area contributed by atoms with Gasteiger partial charge in [0, 0.05) is 18.0 Å². The van der Waals surface area contributed by atoms with Crippen LogP contribution in [0.1, 0.15) is 31.6 Å². The second kappa shape index (κ2) is 5.62. The average Bonchev–Trinajstić information content (AvgIpc) is 3.25. The van der Waals surface area contributed by atoms with Crippen LogP contribution < -0.4 is 0 Å². The van der Waals surface area contributed by atoms with Crippen LogP contribution in [-0.4, -0.2) is 22.3 Å². The van der Waals surface area contributed by atoms with Gasteiger partial charge in [0.1, 0.15) is 10.6 Å². The number of hydrogen-bond acceptors (Lipinski definition) is 5. The maximum Gasteiger partial charge on any atom is 0.266 e. The Morgan fingerprint density at radius 2 is 2.17 bits per heavy atom. The quantitative estimate of drug-likeness (QED) is 0.697. The molecule has 4 rings (SSSR count). The molecule has 0 saturated carbocycles. The van der Waals surface area contributed by atoms with Crippen molar-refractivity contribution < 1.29 is 9.21 Å². The molecule has 118 valence electrons. The number of thiophene rings is 1. The molecule has 4 nitrogen and oxygen atoms in total. The van der Waals surface area contributed by atoms with Crippen molar-refractivity contribution in [1.82, 2.24) is 9.88 Å². The number of nitrogens with zero attached hydrogens (tertiary/aromatic N) is 2. The summed E-state index contributed by atoms with van der Waals surface area (Å²) in [5.74, 6) is 1.65. The van der Waals surface area contributed by atoms with E-state index in [9.17, 15) is 4.79 Å². The number of fused-ring (bicyclic) bond motifs is 1. The van der Waals surface area contributed by atoms with Crippen LogP contribution in [0, 0.1) is 13.8 Å². The standard InChI is InChI=1S/C17H16N2O2S2/c1-10-3-4-13(21-10)16-18-11(2)15(23-16)17(20)19-7-5-14-12(9-19)6-8-22-14/h3-4,6,8H,5,7,9H2,1-2H3. The van der Waals surface area contributed by atoms with E-state index in [0.717, 1.165) is 35.2 Å². The Balaban J connectivity index is 1.61. The number of thiazole rings is 1. The van der Waals surface area contributed by atoms with Gasteiger partial charge in [-0.25, -0.2) is 4.98 Å². The summed E-state index contributed by atoms with van der Waals surface area (Å²) in [7, 11) is 0. The van der Waals surface area contributed by atoms with Crippen LogP contribution in [-0.2, 0) is 13.0 Å². The molecule has 1 aliphatic heterocycles. The fourth-order valence-corrected chi connectivity index (χ4v) is 4.70. The van der Waals surface area contributed by atoms with Gasteiger partial charge in [-0.2, -0.15) is 0 Å². The second-order valence-corrected chi connectivity index (χ2v) is 7.69. The van der Waals surface area contributed by atoms with E-state index in [0.29, 0.717) is 11.4 Å². The molecule has 6 heteroatoms. The molecule has 0 spiro atoms. The molecule has 1 aliphatic rings. The Bertz CT molecular complexity index is 875. The molecule has 0 saturated heterocycles. The summed E-state index contributed by atoms with van der Waals surface area (Å²) < 4.78 is 5.62. The van der Waals surface area contributed by atoms with Crippen molar-refractivity contribution in [1.29, 1.82) is 0 Å². The minimum Gasteiger partial charge on any atom is -0.459 e. The number of rotatable bonds is 2. The molecule has 0 N–H and O–H groups in total. The number of carbonyl (C=O) groups is 1. The largest absolute Gasteiger partial charge is 0.459 e. The molecule has 0 bridgehead atoms. The molecule has 3 aromatic rings. The molecular formula is C17H16N2O2S2. The normalized spacial score (nSPS) is 14.1. The molecular weight excluding hydrogens is 328 g/mol. The smallest absolute Gasteiger partial charge is 0.266 e. The highest BCUT2D eigenvalue weighted by molar-refractivity contribution is 7.17. The van der Waals surface area contributed by atoms with Crippen molar-refractivity contribution in [2.75, 3.05) is 6.54 Å². The van der Waals surface area contributed by atoms with E-state index < -0.39 is 0 Å². The van der Waals surface area contributed by atoms with Crippen LogP contribution in [0.15, 0.2) is 28.0 Å². The molecule has 3 aromatic heterocycles. The Morgan fingerprint density at radius 1 is 1.30 bits per heavy atom. The zero-order chi connectivity index (χ0) is 16.0. The van der Waals surface area contributed by atoms with E-state index in [-0.39, 0.29) is 5.91 Å². The molecule has 0 aliphatic carbocycles. The van der Waals surface area contributed by atoms with Crippen LogP contribution in [0.25, 0.3) is 10.8 Å². The first-order valence-corrected chi connectivity index (χ1v) is 9.20. The van der Waals surface area contributed by atoms with Gasteiger partial charge in [0.05, 0.1) is 5.69 Å². The minimum atomic E-state index is 0.0754. The second-order valence-electron chi connectivity index (χ2n) is 5.69. The van der Waals surface area contributed by atoms with Crippen LogP contribution in [0.2, 0.25) is 0 Å². The Hall–Kier alpha value is -1.92. The minimum absolute atomic E-state index is 0.0754. The maximum absolute atomic E-state index is 12.9. The van der Waals surface area contributed by atoms with Crippen LogP contribution in [0.3, 0.4) is 0 Å². The van der Waals surface area contributed by atoms with Crippen molar-refractivity contribution in [3.05, 3.63) is 50.4 Å². The van der Waals surface area contributed by atoms with Crippen molar-refractivity contribution in [2.45, 2.75) is 26.8 Å². The lowest BCUT2D eigenvalue weighted by Gasteiger charge is -2.26. The zero-order valence-corrected chi connectivity index (χ0v) is 14.6. The predicted octanol–water partition coefficient (Wildman–Crippen LogP) is 4.28. The Morgan fingerprint density at radius 3 is 2.96 bits per heavy atom. The summed E-state index contributed by atoms with van der Waals surface area (Å²) in [5.41, 5.74) is 2.05. The Kier molecular flexibility index (Phi) is 3.58. The number of aromatic nitrogens is 1. The maximum atomic E-state index is 12.9. The monoisotopic (exact) mass is 344 g/mol. The molecule has 0 aromatic carbocycles. The molecule has 0 atom stereocenters. The number of furan rings is 1. The topological polar surface area (TPSA) is 46.3 Å². The first kappa shape index (κ1) is 14.7. The van der Waals surface area contributed by atoms with Gasteiger partial charge in [0.25, 0.3) is 5.91 Å². The van der Waals surface area contributed by atoms with Crippen LogP contribution in [0.5, 0.6) is 0 Å². The van der Waals surface area contributed by atoms with Gasteiger partial charge < -0.3 is 9.32 Å². The average molecular weight is 344 g/mol. The van der Waals surface area contributed by atoms with Crippen molar-refractivity contribution in [3.8, 4) is 10.8 Å². The van der Waals surface area contributed by atoms with E-state index in [4.69, 9.17) is 4.42 Å². The predicted molar refractivity (Wildman–Crippen MR) is 92.1 cm³/mol. The van der Waals surface area contributed by atoms with Gasteiger partial charge in [0.2, 0.25) is 0 Å². The highest BCUT2D eigenvalue weighted by atomic mass is 32.1. The highest BCUT2D eigenvalue weighted by Gasteiger charge is 2.26. The molecule has 0 fully saturated rings. The van der Waals surface area contributed by atoms with Gasteiger partial charge in [-0.1, -0.05) is 0 Å². The summed E-state index contributed by atoms with van der Waals surface area (Å²) in [6.07, 6.45) is 0.945. The van der Waals surface area contributed by atoms with Gasteiger partial charge >= 0.3 is 0 Å². The summed E-state index contributed by atoms with van der Waals surface area (Å²) >= 11 is 3.20. The lowest BCUT2D eigenvalue weighted by Crippen LogP contribution is -2.35. The highest BCUT2D eigenvalue weighted by Crippen LogP contribution is 2.31. The van der Waals surface area contributed by atoms with Gasteiger partial charge in [0.15, 0.2) is 10.8 Å². The van der Waals surface area contributed by atoms with Crippen molar-refractivity contribution >= 4 is 28.6 Å². The van der Waals surface area contributed by atoms with E-state index in [1.165, 1.54) is 21.8 Å². The number of hydrogen-bond donors (Lipinski definition) is 0. The molecule has 0 unspecified atom stereocenters. The lowest BCUT2D eigenvalue weighted by atomic mass is 10.1. The molecule has 0 radical (unpaired) electrons. The van der Waals surface area contributed by atoms with Gasteiger partial charge in [-0.3, -0.25) is 4.79 Å². The summed E-state index contributed by atoms with van der Waals surface area (Å²) in [4.78, 5) is 21.4. The third-order valence-electron chi connectivity index (χ3n) is 4.04. The first-order chi connectivity index (χ1) is 11.1. The summed E-state index contributed by atoms with van der Waals surface area (Å²) in [6.45, 7) is 5.27. The fraction of sp³-hybridized carbons (Fsp3) is 0.294. The summed E-state index contributed by atoms with van der Waals surface area (Å²) in [6, 6.07) is 5.94. The van der Waals surface area contributed by atoms with Crippen molar-refractivity contribution in [3.63, 3.8) is 0 Å². The molecule has 23 heavy (non-hydrogen) atoms. The SMILES string of the molecule is Cc1ccc(-c2nc(C)c(C(=O)N3CCc4sccc4C3)s2)o1. The third kappa shape index (κ3) is 2.62. The number of amides is 1. The number of carbonyl (C=O) groups excluding carboxylic acids is 1. The first-order valence-electron chi connectivity index (χ1n) is 7.50. The van der Waals surface area contributed by atoms with Crippen molar-refractivity contribution in [2.24, 2.45) is 0 Å². The summed E-state index contributed by atoms with van der Waals surface area (Å²) in [5, 5.41) is 2.88. The number of aryl methyl sites for hydroxylation is 2. The Labute approximate surface area is 142 Å². The van der Waals surface area contributed by atoms with Gasteiger partial charge in [-0.15, -0.1) is 22.7 Å². The molecule has 4 heterocycles. The van der Waals surface area contributed by atoms with E-state index in [1.54, 1.807) is 11.3 Å². The van der Waals surface area contributed by atoms with E-state index >= 15 is 0 Å². The van der Waals surface area contributed by atoms with E-state index in [1.807, 2.05) is 30.9 Å². The lowest BCUT2D eigenvalue weighted by molar-refractivity contribution is 0.0740. The van der Waals surface area contributed by atoms with E-state index in [2.05, 4.69) is 16.4 Å². The zero-order valence-electron chi connectivity index (χ0n) is 13.0. The fourth-order valence-electron chi connectivity index (χ4n) is 2.82. The third-order valence-corrected chi connectivity index (χ3v) is 6.22.